The first-order valence-corrected chi connectivity index (χ1v) is 5.63. The molecule has 0 bridgehead atoms. The van der Waals surface area contributed by atoms with Crippen LogP contribution >= 0.6 is 0 Å². The van der Waals surface area contributed by atoms with E-state index in [2.05, 4.69) is 4.98 Å². The lowest BCUT2D eigenvalue weighted by molar-refractivity contribution is -0.132. The Morgan fingerprint density at radius 2 is 2.11 bits per heavy atom. The van der Waals surface area contributed by atoms with Crippen LogP contribution in [0.4, 0.5) is 0 Å². The summed E-state index contributed by atoms with van der Waals surface area (Å²) in [5, 5.41) is 17.5. The van der Waals surface area contributed by atoms with Gasteiger partial charge < -0.3 is 14.8 Å². The number of carbonyl (C=O) groups is 2. The lowest BCUT2D eigenvalue weighted by Crippen LogP contribution is -2.06. The van der Waals surface area contributed by atoms with Gasteiger partial charge in [0.25, 0.3) is 0 Å². The molecule has 6 nitrogen and oxygen atoms in total. The number of nitrogens with one attached hydrogen (secondary N) is 1. The molecule has 2 N–H and O–H groups in total. The summed E-state index contributed by atoms with van der Waals surface area (Å²) in [6.45, 7) is 5.31. The zero-order chi connectivity index (χ0) is 14.6. The molecule has 6 heteroatoms. The Kier molecular flexibility index (Phi) is 4.48. The topological polar surface area (TPSA) is 103 Å². The third kappa shape index (κ3) is 3.01. The number of aromatic nitrogens is 1. The van der Waals surface area contributed by atoms with E-state index in [9.17, 15) is 9.59 Å². The van der Waals surface area contributed by atoms with Crippen LogP contribution in [0.3, 0.4) is 0 Å². The van der Waals surface area contributed by atoms with Crippen LogP contribution in [0.15, 0.2) is 5.57 Å². The zero-order valence-corrected chi connectivity index (χ0v) is 10.9. The Bertz CT molecular complexity index is 591. The van der Waals surface area contributed by atoms with Crippen LogP contribution in [-0.4, -0.2) is 28.6 Å². The second-order valence-electron chi connectivity index (χ2n) is 3.86. The van der Waals surface area contributed by atoms with Gasteiger partial charge in [0.05, 0.1) is 12.2 Å². The first kappa shape index (κ1) is 14.5. The summed E-state index contributed by atoms with van der Waals surface area (Å²) in [5.74, 6) is -1.78. The minimum atomic E-state index is -1.31. The lowest BCUT2D eigenvalue weighted by atomic mass is 10.1. The fourth-order valence-electron chi connectivity index (χ4n) is 1.71. The van der Waals surface area contributed by atoms with Crippen molar-refractivity contribution in [3.8, 4) is 6.07 Å². The summed E-state index contributed by atoms with van der Waals surface area (Å²) in [6, 6.07) is 1.59. The molecule has 0 spiro atoms. The van der Waals surface area contributed by atoms with E-state index in [0.29, 0.717) is 22.5 Å². The number of aryl methyl sites for hydroxylation is 1. The van der Waals surface area contributed by atoms with Crippen molar-refractivity contribution in [2.45, 2.75) is 20.8 Å². The summed E-state index contributed by atoms with van der Waals surface area (Å²) in [5.41, 5.74) is 1.52. The van der Waals surface area contributed by atoms with Crippen LogP contribution in [0.25, 0.3) is 6.08 Å². The van der Waals surface area contributed by atoms with Gasteiger partial charge in [-0.3, -0.25) is 0 Å². The molecular formula is C13H14N2O4. The highest BCUT2D eigenvalue weighted by atomic mass is 16.5. The fraction of sp³-hybridized carbons (Fsp3) is 0.308. The van der Waals surface area contributed by atoms with E-state index in [-0.39, 0.29) is 6.61 Å². The van der Waals surface area contributed by atoms with Crippen LogP contribution in [-0.2, 0) is 9.53 Å². The van der Waals surface area contributed by atoms with Crippen molar-refractivity contribution in [3.05, 3.63) is 28.1 Å². The molecular weight excluding hydrogens is 248 g/mol. The molecule has 100 valence electrons. The monoisotopic (exact) mass is 262 g/mol. The second-order valence-corrected chi connectivity index (χ2v) is 3.86. The van der Waals surface area contributed by atoms with Crippen molar-refractivity contribution < 1.29 is 19.4 Å². The van der Waals surface area contributed by atoms with Crippen molar-refractivity contribution in [3.63, 3.8) is 0 Å². The van der Waals surface area contributed by atoms with Gasteiger partial charge in [-0.25, -0.2) is 9.59 Å². The molecule has 19 heavy (non-hydrogen) atoms. The summed E-state index contributed by atoms with van der Waals surface area (Å²) >= 11 is 0. The van der Waals surface area contributed by atoms with Crippen molar-refractivity contribution in [2.75, 3.05) is 6.61 Å². The van der Waals surface area contributed by atoms with E-state index in [0.717, 1.165) is 0 Å². The molecule has 1 rings (SSSR count). The molecule has 1 aromatic rings. The predicted molar refractivity (Wildman–Crippen MR) is 67.4 cm³/mol. The molecule has 0 saturated heterocycles. The Hall–Kier alpha value is -2.55. The van der Waals surface area contributed by atoms with Gasteiger partial charge in [0.1, 0.15) is 11.6 Å². The largest absolute Gasteiger partial charge is 0.477 e. The number of ether oxygens (including phenoxy) is 1. The van der Waals surface area contributed by atoms with E-state index >= 15 is 0 Å². The third-order valence-electron chi connectivity index (χ3n) is 2.60. The van der Waals surface area contributed by atoms with Gasteiger partial charge in [0.2, 0.25) is 0 Å². The molecule has 1 aromatic heterocycles. The Balaban J connectivity index is 3.28. The smallest absolute Gasteiger partial charge is 0.346 e. The highest BCUT2D eigenvalue weighted by Gasteiger charge is 2.19. The average Bonchev–Trinajstić information content (AvgIpc) is 2.61. The first-order valence-electron chi connectivity index (χ1n) is 5.63. The molecule has 1 heterocycles. The van der Waals surface area contributed by atoms with Gasteiger partial charge in [-0.2, -0.15) is 5.26 Å². The van der Waals surface area contributed by atoms with Gasteiger partial charge in [0.15, 0.2) is 0 Å². The molecule has 0 fully saturated rings. The summed E-state index contributed by atoms with van der Waals surface area (Å²) in [4.78, 5) is 25.4. The second kappa shape index (κ2) is 5.87. The number of nitrogens with zero attached hydrogens (tertiary/aromatic N) is 1. The van der Waals surface area contributed by atoms with Gasteiger partial charge in [0, 0.05) is 11.4 Å². The number of H-pyrrole nitrogens is 1. The third-order valence-corrected chi connectivity index (χ3v) is 2.60. The number of carboxylic acid groups (broad SMARTS) is 1. The number of carboxylic acids is 1. The number of rotatable bonds is 4. The van der Waals surface area contributed by atoms with E-state index in [1.807, 2.05) is 0 Å². The van der Waals surface area contributed by atoms with Gasteiger partial charge >= 0.3 is 11.9 Å². The van der Waals surface area contributed by atoms with Crippen LogP contribution < -0.4 is 0 Å². The van der Waals surface area contributed by atoms with Gasteiger partial charge in [-0.15, -0.1) is 0 Å². The maximum absolute atomic E-state index is 11.7. The molecule has 0 aliphatic heterocycles. The summed E-state index contributed by atoms with van der Waals surface area (Å²) < 4.78 is 4.92. The van der Waals surface area contributed by atoms with Crippen LogP contribution in [0, 0.1) is 25.2 Å². The fourth-order valence-corrected chi connectivity index (χ4v) is 1.71. The minimum absolute atomic E-state index is 0.257. The molecule has 0 aliphatic rings. The molecule has 0 atom stereocenters. The Labute approximate surface area is 110 Å². The predicted octanol–water partition coefficient (Wildman–Crippen LogP) is 1.80. The van der Waals surface area contributed by atoms with Gasteiger partial charge in [-0.1, -0.05) is 0 Å². The number of aliphatic carboxylic acids is 1. The molecule has 0 aromatic carbocycles. The minimum Gasteiger partial charge on any atom is -0.477 e. The quantitative estimate of drug-likeness (QED) is 0.489. The number of hydrogen-bond acceptors (Lipinski definition) is 4. The van der Waals surface area contributed by atoms with Crippen molar-refractivity contribution >= 4 is 18.0 Å². The Morgan fingerprint density at radius 3 is 2.58 bits per heavy atom. The molecule has 0 saturated carbocycles. The highest BCUT2D eigenvalue weighted by Crippen LogP contribution is 2.21. The molecule has 0 aliphatic carbocycles. The van der Waals surface area contributed by atoms with Crippen LogP contribution in [0.2, 0.25) is 0 Å². The summed E-state index contributed by atoms with van der Waals surface area (Å²) in [7, 11) is 0. The normalized spacial score (nSPS) is 10.9. The highest BCUT2D eigenvalue weighted by molar-refractivity contribution is 5.98. The van der Waals surface area contributed by atoms with E-state index in [1.165, 1.54) is 6.08 Å². The maximum atomic E-state index is 11.7. The first-order chi connectivity index (χ1) is 8.92. The zero-order valence-electron chi connectivity index (χ0n) is 10.9. The number of aromatic amines is 1. The standard InChI is InChI=1S/C13H14N2O4/c1-4-19-13(18)11-7(2)10(15-8(11)3)5-9(6-14)12(16)17/h5,15H,4H2,1-3H3,(H,16,17)/b9-5-. The summed E-state index contributed by atoms with van der Waals surface area (Å²) in [6.07, 6.45) is 1.20. The molecule has 0 radical (unpaired) electrons. The maximum Gasteiger partial charge on any atom is 0.346 e. The molecule has 0 unspecified atom stereocenters. The van der Waals surface area contributed by atoms with Gasteiger partial charge in [-0.05, 0) is 32.4 Å². The van der Waals surface area contributed by atoms with Crippen molar-refractivity contribution in [2.24, 2.45) is 0 Å². The number of hydrogen-bond donors (Lipinski definition) is 2. The van der Waals surface area contributed by atoms with E-state index < -0.39 is 17.5 Å². The van der Waals surface area contributed by atoms with E-state index in [1.54, 1.807) is 26.8 Å². The van der Waals surface area contributed by atoms with Crippen LogP contribution in [0.5, 0.6) is 0 Å². The Morgan fingerprint density at radius 1 is 1.47 bits per heavy atom. The van der Waals surface area contributed by atoms with Crippen molar-refractivity contribution in [1.29, 1.82) is 5.26 Å². The number of nitriles is 1. The lowest BCUT2D eigenvalue weighted by Gasteiger charge is -2.01. The molecule has 0 amide bonds. The van der Waals surface area contributed by atoms with Crippen molar-refractivity contribution in [1.82, 2.24) is 4.98 Å². The van der Waals surface area contributed by atoms with Crippen LogP contribution in [0.1, 0.15) is 34.2 Å². The average molecular weight is 262 g/mol. The van der Waals surface area contributed by atoms with E-state index in [4.69, 9.17) is 15.1 Å². The number of esters is 1. The SMILES string of the molecule is CCOC(=O)c1c(C)[nH]c(/C=C(/C#N)C(=O)O)c1C. The number of carbonyl (C=O) groups excluding carboxylic acids is 1.